The average Bonchev–Trinajstić information content (AvgIpc) is 3.24. The van der Waals surface area contributed by atoms with Gasteiger partial charge < -0.3 is 14.2 Å². The molecule has 0 amide bonds. The van der Waals surface area contributed by atoms with E-state index in [4.69, 9.17) is 14.2 Å². The zero-order chi connectivity index (χ0) is 44.7. The van der Waals surface area contributed by atoms with Crippen LogP contribution in [0.2, 0.25) is 0 Å². The van der Waals surface area contributed by atoms with Crippen LogP contribution in [-0.2, 0) is 28.6 Å². The molecule has 6 heteroatoms. The van der Waals surface area contributed by atoms with Crippen LogP contribution in [0.5, 0.6) is 0 Å². The van der Waals surface area contributed by atoms with E-state index < -0.39 is 6.10 Å². The van der Waals surface area contributed by atoms with E-state index in [0.717, 1.165) is 69.6 Å². The lowest BCUT2D eigenvalue weighted by Gasteiger charge is -2.18. The van der Waals surface area contributed by atoms with Crippen LogP contribution in [0.25, 0.3) is 0 Å². The number of ether oxygens (including phenoxy) is 3. The molecule has 0 rings (SSSR count). The molecule has 61 heavy (non-hydrogen) atoms. The predicted octanol–water partition coefficient (Wildman–Crippen LogP) is 17.7. The van der Waals surface area contributed by atoms with Crippen LogP contribution in [0.3, 0.4) is 0 Å². The Labute approximate surface area is 380 Å². The Morgan fingerprint density at radius 3 is 0.934 bits per heavy atom. The van der Waals surface area contributed by atoms with Crippen LogP contribution in [-0.4, -0.2) is 37.2 Å². The third-order valence-corrected chi connectivity index (χ3v) is 12.8. The number of rotatable bonds is 49. The van der Waals surface area contributed by atoms with Crippen molar-refractivity contribution in [3.05, 3.63) is 0 Å². The Morgan fingerprint density at radius 1 is 0.344 bits per heavy atom. The molecular formula is C55H106O6. The second-order valence-electron chi connectivity index (χ2n) is 19.6. The van der Waals surface area contributed by atoms with Crippen LogP contribution >= 0.6 is 0 Å². The van der Waals surface area contributed by atoms with Crippen molar-refractivity contribution in [2.45, 2.75) is 310 Å². The summed E-state index contributed by atoms with van der Waals surface area (Å²) in [5, 5.41) is 0. The van der Waals surface area contributed by atoms with E-state index >= 15 is 0 Å². The van der Waals surface area contributed by atoms with E-state index in [9.17, 15) is 14.4 Å². The Kier molecular flexibility index (Phi) is 46.6. The number of esters is 3. The minimum absolute atomic E-state index is 0.0633. The zero-order valence-corrected chi connectivity index (χ0v) is 41.8. The molecule has 0 saturated heterocycles. The van der Waals surface area contributed by atoms with E-state index in [2.05, 4.69) is 34.6 Å². The van der Waals surface area contributed by atoms with Gasteiger partial charge in [-0.2, -0.15) is 0 Å². The van der Waals surface area contributed by atoms with Crippen LogP contribution in [0.1, 0.15) is 304 Å². The molecule has 0 heterocycles. The molecule has 0 aliphatic carbocycles. The highest BCUT2D eigenvalue weighted by Gasteiger charge is 2.19. The minimum Gasteiger partial charge on any atom is -0.462 e. The van der Waals surface area contributed by atoms with Crippen molar-refractivity contribution in [1.29, 1.82) is 0 Å². The number of carbonyl (C=O) groups is 3. The first kappa shape index (κ1) is 59.4. The van der Waals surface area contributed by atoms with E-state index in [-0.39, 0.29) is 31.1 Å². The van der Waals surface area contributed by atoms with Crippen molar-refractivity contribution in [3.8, 4) is 0 Å². The molecule has 0 fully saturated rings. The summed E-state index contributed by atoms with van der Waals surface area (Å²) in [6, 6.07) is 0. The summed E-state index contributed by atoms with van der Waals surface area (Å²) in [4.78, 5) is 38.0. The van der Waals surface area contributed by atoms with Gasteiger partial charge in [-0.1, -0.05) is 266 Å². The highest BCUT2D eigenvalue weighted by Crippen LogP contribution is 2.18. The average molecular weight is 863 g/mol. The van der Waals surface area contributed by atoms with Gasteiger partial charge in [-0.3, -0.25) is 14.4 Å². The van der Waals surface area contributed by atoms with Crippen molar-refractivity contribution < 1.29 is 28.6 Å². The first-order valence-electron chi connectivity index (χ1n) is 27.3. The van der Waals surface area contributed by atoms with Crippen molar-refractivity contribution in [1.82, 2.24) is 0 Å². The summed E-state index contributed by atoms with van der Waals surface area (Å²) in [5.41, 5.74) is 0. The normalized spacial score (nSPS) is 12.5. The second-order valence-corrected chi connectivity index (χ2v) is 19.6. The van der Waals surface area contributed by atoms with Gasteiger partial charge in [0.1, 0.15) is 13.2 Å². The summed E-state index contributed by atoms with van der Waals surface area (Å²) in [6.07, 6.45) is 49.3. The fourth-order valence-electron chi connectivity index (χ4n) is 8.31. The fraction of sp³-hybridized carbons (Fsp3) is 0.945. The molecule has 0 radical (unpaired) electrons. The van der Waals surface area contributed by atoms with Crippen molar-refractivity contribution in [2.75, 3.05) is 13.2 Å². The third-order valence-electron chi connectivity index (χ3n) is 12.8. The van der Waals surface area contributed by atoms with E-state index in [1.807, 2.05) is 0 Å². The molecule has 0 aliphatic heterocycles. The van der Waals surface area contributed by atoms with Gasteiger partial charge in [0.2, 0.25) is 0 Å². The summed E-state index contributed by atoms with van der Waals surface area (Å²) in [7, 11) is 0. The molecule has 0 aromatic heterocycles. The predicted molar refractivity (Wildman–Crippen MR) is 261 cm³/mol. The van der Waals surface area contributed by atoms with Crippen molar-refractivity contribution in [3.63, 3.8) is 0 Å². The topological polar surface area (TPSA) is 78.9 Å². The Morgan fingerprint density at radius 2 is 0.623 bits per heavy atom. The minimum atomic E-state index is -0.762. The first-order chi connectivity index (χ1) is 29.8. The standard InChI is InChI=1S/C55H106O6/c1-6-8-9-10-11-12-13-15-19-25-30-35-40-45-53(56)59-48-52(61-55(58)47-42-37-32-27-22-21-24-29-34-39-44-51(5)7-2)49-60-54(57)46-41-36-31-26-20-17-14-16-18-23-28-33-38-43-50(3)4/h50-52H,6-49H2,1-5H3/t51?,52-/m0/s1. The van der Waals surface area contributed by atoms with Crippen molar-refractivity contribution >= 4 is 17.9 Å². The second kappa shape index (κ2) is 47.9. The Balaban J connectivity index is 4.31. The van der Waals surface area contributed by atoms with Crippen LogP contribution in [0, 0.1) is 11.8 Å². The lowest BCUT2D eigenvalue weighted by Crippen LogP contribution is -2.30. The van der Waals surface area contributed by atoms with Gasteiger partial charge in [0, 0.05) is 19.3 Å². The maximum atomic E-state index is 12.8. The zero-order valence-electron chi connectivity index (χ0n) is 41.8. The maximum Gasteiger partial charge on any atom is 0.306 e. The van der Waals surface area contributed by atoms with E-state index in [1.165, 1.54) is 193 Å². The maximum absolute atomic E-state index is 12.8. The van der Waals surface area contributed by atoms with Crippen molar-refractivity contribution in [2.24, 2.45) is 11.8 Å². The number of hydrogen-bond donors (Lipinski definition) is 0. The lowest BCUT2D eigenvalue weighted by atomic mass is 9.99. The summed E-state index contributed by atoms with van der Waals surface area (Å²) in [5.74, 6) is 0.863. The molecule has 0 aromatic carbocycles. The smallest absolute Gasteiger partial charge is 0.306 e. The van der Waals surface area contributed by atoms with E-state index in [0.29, 0.717) is 19.3 Å². The molecule has 0 aliphatic rings. The monoisotopic (exact) mass is 863 g/mol. The molecule has 0 saturated carbocycles. The number of hydrogen-bond acceptors (Lipinski definition) is 6. The van der Waals surface area contributed by atoms with Gasteiger partial charge in [-0.15, -0.1) is 0 Å². The highest BCUT2D eigenvalue weighted by molar-refractivity contribution is 5.71. The number of carbonyl (C=O) groups excluding carboxylic acids is 3. The van der Waals surface area contributed by atoms with Crippen LogP contribution < -0.4 is 0 Å². The van der Waals surface area contributed by atoms with Crippen LogP contribution in [0.15, 0.2) is 0 Å². The highest BCUT2D eigenvalue weighted by atomic mass is 16.6. The molecule has 362 valence electrons. The fourth-order valence-corrected chi connectivity index (χ4v) is 8.31. The molecule has 0 N–H and O–H groups in total. The largest absolute Gasteiger partial charge is 0.462 e. The first-order valence-corrected chi connectivity index (χ1v) is 27.3. The van der Waals surface area contributed by atoms with Gasteiger partial charge in [-0.05, 0) is 31.1 Å². The molecule has 0 aromatic rings. The molecule has 0 spiro atoms. The summed E-state index contributed by atoms with van der Waals surface area (Å²) >= 11 is 0. The Hall–Kier alpha value is -1.59. The number of unbranched alkanes of at least 4 members (excludes halogenated alkanes) is 33. The third kappa shape index (κ3) is 47.7. The van der Waals surface area contributed by atoms with Gasteiger partial charge in [0.05, 0.1) is 0 Å². The molecular weight excluding hydrogens is 757 g/mol. The summed E-state index contributed by atoms with van der Waals surface area (Å²) in [6.45, 7) is 11.4. The molecule has 2 atom stereocenters. The summed E-state index contributed by atoms with van der Waals surface area (Å²) < 4.78 is 16.8. The lowest BCUT2D eigenvalue weighted by molar-refractivity contribution is -0.167. The van der Waals surface area contributed by atoms with Crippen LogP contribution in [0.4, 0.5) is 0 Å². The van der Waals surface area contributed by atoms with Gasteiger partial charge in [0.15, 0.2) is 6.10 Å². The van der Waals surface area contributed by atoms with Gasteiger partial charge in [-0.25, -0.2) is 0 Å². The SMILES string of the molecule is CCCCCCCCCCCCCCCC(=O)OC[C@@H](COC(=O)CCCCCCCCCCCCCCCC(C)C)OC(=O)CCCCCCCCCCCCC(C)CC. The molecule has 6 nitrogen and oxygen atoms in total. The quantitative estimate of drug-likeness (QED) is 0.0344. The van der Waals surface area contributed by atoms with Gasteiger partial charge >= 0.3 is 17.9 Å². The Bertz CT molecular complexity index is 933. The van der Waals surface area contributed by atoms with Gasteiger partial charge in [0.25, 0.3) is 0 Å². The van der Waals surface area contributed by atoms with E-state index in [1.54, 1.807) is 0 Å². The molecule has 1 unspecified atom stereocenters. The molecule has 0 bridgehead atoms.